The molecule has 0 radical (unpaired) electrons. The quantitative estimate of drug-likeness (QED) is 0.859. The summed E-state index contributed by atoms with van der Waals surface area (Å²) in [5, 5.41) is 2.62. The van der Waals surface area contributed by atoms with Crippen LogP contribution in [-0.2, 0) is 17.9 Å². The van der Waals surface area contributed by atoms with Crippen LogP contribution in [0.1, 0.15) is 23.0 Å². The maximum Gasteiger partial charge on any atom is 0.272 e. The summed E-state index contributed by atoms with van der Waals surface area (Å²) >= 11 is 0. The second kappa shape index (κ2) is 6.89. The van der Waals surface area contributed by atoms with Gasteiger partial charge in [0.05, 0.1) is 4.90 Å². The molecule has 2 N–H and O–H groups in total. The lowest BCUT2D eigenvalue weighted by Gasteiger charge is -2.09. The number of nitrogens with zero attached hydrogens (tertiary/aromatic N) is 2. The molecule has 2 heterocycles. The summed E-state index contributed by atoms with van der Waals surface area (Å²) in [4.78, 5) is 13.6. The summed E-state index contributed by atoms with van der Waals surface area (Å²) in [7, 11) is 2.96. The number of hydrogen-bond donors (Lipinski definition) is 2. The van der Waals surface area contributed by atoms with Gasteiger partial charge in [0.25, 0.3) is 5.91 Å². The Kier molecular flexibility index (Phi) is 4.82. The minimum Gasteiger partial charge on any atom is -0.345 e. The average Bonchev–Trinajstić information content (AvgIpc) is 2.82. The minimum absolute atomic E-state index is 0.117. The number of aromatic nitrogens is 1. The average molecular weight is 364 g/mol. The number of benzene rings is 1. The van der Waals surface area contributed by atoms with Gasteiger partial charge in [0, 0.05) is 54.5 Å². The topological polar surface area (TPSA) is 58.4 Å². The van der Waals surface area contributed by atoms with Crippen LogP contribution in [0.2, 0.25) is 0 Å². The van der Waals surface area contributed by atoms with E-state index in [9.17, 15) is 13.6 Å². The molecule has 25 heavy (non-hydrogen) atoms. The molecular formula is C17H18F2N4OS. The first-order chi connectivity index (χ1) is 11.9. The maximum absolute atomic E-state index is 13.4. The van der Waals surface area contributed by atoms with Crippen molar-refractivity contribution in [2.75, 3.05) is 12.4 Å². The first-order valence-electron chi connectivity index (χ1n) is 7.65. The van der Waals surface area contributed by atoms with E-state index in [0.717, 1.165) is 22.6 Å². The number of nitrogens with one attached hydrogen (secondary N) is 2. The molecule has 2 aromatic rings. The highest BCUT2D eigenvalue weighted by atomic mass is 32.2. The van der Waals surface area contributed by atoms with E-state index >= 15 is 0 Å². The normalized spacial score (nSPS) is 19.6. The monoisotopic (exact) mass is 364 g/mol. The number of carbonyl (C=O) groups is 1. The molecule has 1 aromatic carbocycles. The molecule has 0 bridgehead atoms. The molecule has 1 aliphatic rings. The standard InChI is InChI=1S/C17H18F2N4OS/c1-10-4-6-12-15(25(20-2)22-10)9-23(3)16(12)17(24)21-11-5-7-13(18)14(19)8-11/h4-10H,1-3H3,(H,20,22)(H,21,24). The number of amides is 1. The van der Waals surface area contributed by atoms with Gasteiger partial charge in [0.2, 0.25) is 0 Å². The lowest BCUT2D eigenvalue weighted by atomic mass is 10.2. The van der Waals surface area contributed by atoms with Crippen LogP contribution in [0.15, 0.2) is 39.7 Å². The summed E-state index contributed by atoms with van der Waals surface area (Å²) in [6.07, 6.45) is 5.72. The molecule has 0 spiro atoms. The predicted molar refractivity (Wildman–Crippen MR) is 95.3 cm³/mol. The molecule has 0 fully saturated rings. The SMILES string of the molecule is C/N=S1/NC(C)C=Cc2c1cn(C)c2C(=O)Nc1ccc(F)c(F)c1. The van der Waals surface area contributed by atoms with Gasteiger partial charge in [-0.25, -0.2) is 17.9 Å². The van der Waals surface area contributed by atoms with Crippen LogP contribution in [-0.4, -0.2) is 23.6 Å². The van der Waals surface area contributed by atoms with Gasteiger partial charge in [-0.1, -0.05) is 12.2 Å². The van der Waals surface area contributed by atoms with E-state index in [1.54, 1.807) is 18.7 Å². The van der Waals surface area contributed by atoms with Gasteiger partial charge in [-0.3, -0.25) is 4.79 Å². The fraction of sp³-hybridized carbons (Fsp3) is 0.235. The molecule has 0 saturated heterocycles. The fourth-order valence-electron chi connectivity index (χ4n) is 2.65. The Morgan fingerprint density at radius 2 is 2.12 bits per heavy atom. The zero-order valence-corrected chi connectivity index (χ0v) is 14.8. The van der Waals surface area contributed by atoms with Crippen molar-refractivity contribution in [2.24, 2.45) is 11.4 Å². The van der Waals surface area contributed by atoms with Crippen LogP contribution in [0.4, 0.5) is 14.5 Å². The van der Waals surface area contributed by atoms with Crippen LogP contribution < -0.4 is 10.0 Å². The van der Waals surface area contributed by atoms with Crippen molar-refractivity contribution in [3.8, 4) is 0 Å². The van der Waals surface area contributed by atoms with Gasteiger partial charge in [-0.05, 0) is 19.1 Å². The Balaban J connectivity index is 2.00. The first kappa shape index (κ1) is 17.5. The molecule has 1 aromatic heterocycles. The van der Waals surface area contributed by atoms with Crippen molar-refractivity contribution < 1.29 is 13.6 Å². The van der Waals surface area contributed by atoms with Crippen molar-refractivity contribution in [2.45, 2.75) is 17.9 Å². The molecule has 0 saturated carbocycles. The van der Waals surface area contributed by atoms with Gasteiger partial charge >= 0.3 is 0 Å². The molecule has 1 aliphatic heterocycles. The molecule has 132 valence electrons. The number of anilines is 1. The molecule has 8 heteroatoms. The van der Waals surface area contributed by atoms with Gasteiger partial charge in [-0.15, -0.1) is 0 Å². The third-order valence-electron chi connectivity index (χ3n) is 3.82. The Hall–Kier alpha value is -2.32. The number of hydrogen-bond acceptors (Lipinski definition) is 2. The molecule has 3 rings (SSSR count). The summed E-state index contributed by atoms with van der Waals surface area (Å²) < 4.78 is 35.8. The second-order valence-corrected chi connectivity index (χ2v) is 7.29. The minimum atomic E-state index is -1.01. The van der Waals surface area contributed by atoms with Gasteiger partial charge in [-0.2, -0.15) is 0 Å². The van der Waals surface area contributed by atoms with Gasteiger partial charge in [0.1, 0.15) is 5.69 Å². The lowest BCUT2D eigenvalue weighted by Crippen LogP contribution is -2.24. The van der Waals surface area contributed by atoms with Crippen molar-refractivity contribution >= 4 is 28.5 Å². The zero-order chi connectivity index (χ0) is 18.1. The highest BCUT2D eigenvalue weighted by Gasteiger charge is 2.23. The van der Waals surface area contributed by atoms with Crippen LogP contribution in [0, 0.1) is 11.6 Å². The Morgan fingerprint density at radius 3 is 2.80 bits per heavy atom. The van der Waals surface area contributed by atoms with E-state index in [0.29, 0.717) is 5.69 Å². The highest BCUT2D eigenvalue weighted by Crippen LogP contribution is 2.26. The second-order valence-electron chi connectivity index (χ2n) is 5.68. The van der Waals surface area contributed by atoms with E-state index < -0.39 is 28.4 Å². The van der Waals surface area contributed by atoms with E-state index in [2.05, 4.69) is 14.4 Å². The maximum atomic E-state index is 13.4. The summed E-state index contributed by atoms with van der Waals surface area (Å²) in [5.41, 5.74) is 1.41. The van der Waals surface area contributed by atoms with Crippen LogP contribution >= 0.6 is 0 Å². The summed E-state index contributed by atoms with van der Waals surface area (Å²) in [5.74, 6) is -2.36. The van der Waals surface area contributed by atoms with E-state index in [1.165, 1.54) is 6.07 Å². The summed E-state index contributed by atoms with van der Waals surface area (Å²) in [6, 6.07) is 3.38. The number of fused-ring (bicyclic) bond motifs is 1. The molecule has 5 nitrogen and oxygen atoms in total. The summed E-state index contributed by atoms with van der Waals surface area (Å²) in [6.45, 7) is 2.01. The fourth-order valence-corrected chi connectivity index (χ4v) is 4.14. The highest BCUT2D eigenvalue weighted by molar-refractivity contribution is 7.85. The van der Waals surface area contributed by atoms with Gasteiger partial charge in [0.15, 0.2) is 11.6 Å². The van der Waals surface area contributed by atoms with Crippen molar-refractivity contribution in [3.63, 3.8) is 0 Å². The van der Waals surface area contributed by atoms with Gasteiger partial charge < -0.3 is 9.88 Å². The van der Waals surface area contributed by atoms with Crippen molar-refractivity contribution in [1.82, 2.24) is 9.29 Å². The molecular weight excluding hydrogens is 346 g/mol. The molecule has 0 aliphatic carbocycles. The third kappa shape index (κ3) is 3.40. The molecule has 2 unspecified atom stereocenters. The molecule has 2 atom stereocenters. The van der Waals surface area contributed by atoms with Crippen LogP contribution in [0.25, 0.3) is 6.08 Å². The van der Waals surface area contributed by atoms with E-state index in [-0.39, 0.29) is 11.7 Å². The number of rotatable bonds is 2. The lowest BCUT2D eigenvalue weighted by molar-refractivity contribution is 0.101. The van der Waals surface area contributed by atoms with E-state index in [1.807, 2.05) is 25.3 Å². The smallest absolute Gasteiger partial charge is 0.272 e. The van der Waals surface area contributed by atoms with Crippen LogP contribution in [0.3, 0.4) is 0 Å². The number of aryl methyl sites for hydroxylation is 1. The molecule has 1 amide bonds. The Bertz CT molecular complexity index is 904. The number of carbonyl (C=O) groups excluding carboxylic acids is 1. The van der Waals surface area contributed by atoms with Crippen LogP contribution in [0.5, 0.6) is 0 Å². The Labute approximate surface area is 147 Å². The zero-order valence-electron chi connectivity index (χ0n) is 14.0. The Morgan fingerprint density at radius 1 is 1.36 bits per heavy atom. The first-order valence-corrected chi connectivity index (χ1v) is 8.83. The largest absolute Gasteiger partial charge is 0.345 e. The predicted octanol–water partition coefficient (Wildman–Crippen LogP) is 3.27. The van der Waals surface area contributed by atoms with E-state index in [4.69, 9.17) is 0 Å². The number of halogens is 2. The van der Waals surface area contributed by atoms with Crippen molar-refractivity contribution in [3.05, 3.63) is 53.4 Å². The van der Waals surface area contributed by atoms with Crippen molar-refractivity contribution in [1.29, 1.82) is 0 Å². The third-order valence-corrected chi connectivity index (χ3v) is 5.52.